The summed E-state index contributed by atoms with van der Waals surface area (Å²) in [6, 6.07) is 8.70. The number of fused-ring (bicyclic) bond motifs is 1. The van der Waals surface area contributed by atoms with E-state index < -0.39 is 0 Å². The van der Waals surface area contributed by atoms with E-state index in [0.717, 1.165) is 42.8 Å². The van der Waals surface area contributed by atoms with Crippen LogP contribution >= 0.6 is 11.6 Å². The average molecular weight is 277 g/mol. The van der Waals surface area contributed by atoms with Crippen LogP contribution in [0, 0.1) is 11.3 Å². The van der Waals surface area contributed by atoms with Crippen molar-refractivity contribution in [3.05, 3.63) is 29.3 Å². The fourth-order valence-corrected chi connectivity index (χ4v) is 3.40. The molecule has 1 aromatic rings. The molecule has 1 heterocycles. The van der Waals surface area contributed by atoms with E-state index in [2.05, 4.69) is 11.0 Å². The van der Waals surface area contributed by atoms with E-state index >= 15 is 0 Å². The van der Waals surface area contributed by atoms with Gasteiger partial charge in [-0.1, -0.05) is 6.07 Å². The first-order chi connectivity index (χ1) is 9.33. The minimum Gasteiger partial charge on any atom is -0.374 e. The molecule has 1 aliphatic heterocycles. The van der Waals surface area contributed by atoms with Crippen molar-refractivity contribution in [1.82, 2.24) is 0 Å². The number of hydrogen-bond donors (Lipinski definition) is 0. The molecule has 0 aromatic heterocycles. The van der Waals surface area contributed by atoms with Gasteiger partial charge in [0.15, 0.2) is 0 Å². The first-order valence-electron chi connectivity index (χ1n) is 6.80. The minimum absolute atomic E-state index is 0.341. The summed E-state index contributed by atoms with van der Waals surface area (Å²) in [6.45, 7) is 1.62. The van der Waals surface area contributed by atoms with Gasteiger partial charge in [-0.3, -0.25) is 0 Å². The number of anilines is 1. The van der Waals surface area contributed by atoms with Crippen LogP contribution in [0.25, 0.3) is 0 Å². The smallest absolute Gasteiger partial charge is 0.101 e. The van der Waals surface area contributed by atoms with Gasteiger partial charge in [0.05, 0.1) is 30.0 Å². The molecular formula is C15H17ClN2O. The van der Waals surface area contributed by atoms with Crippen LogP contribution in [0.5, 0.6) is 0 Å². The molecule has 4 heteroatoms. The molecule has 0 N–H and O–H groups in total. The zero-order chi connectivity index (χ0) is 13.2. The second kappa shape index (κ2) is 5.40. The van der Waals surface area contributed by atoms with Crippen LogP contribution in [0.4, 0.5) is 5.69 Å². The van der Waals surface area contributed by atoms with Gasteiger partial charge >= 0.3 is 0 Å². The fraction of sp³-hybridized carbons (Fsp3) is 0.533. The van der Waals surface area contributed by atoms with Crippen molar-refractivity contribution in [2.45, 2.75) is 37.3 Å². The Hall–Kier alpha value is -1.24. The number of hydrogen-bond acceptors (Lipinski definition) is 3. The van der Waals surface area contributed by atoms with Crippen LogP contribution in [0.2, 0.25) is 0 Å². The van der Waals surface area contributed by atoms with Crippen molar-refractivity contribution in [3.8, 4) is 6.07 Å². The summed E-state index contributed by atoms with van der Waals surface area (Å²) < 4.78 is 5.83. The van der Waals surface area contributed by atoms with E-state index in [1.165, 1.54) is 6.42 Å². The van der Waals surface area contributed by atoms with Crippen LogP contribution < -0.4 is 4.90 Å². The summed E-state index contributed by atoms with van der Waals surface area (Å²) in [5.74, 6) is 0.449. The van der Waals surface area contributed by atoms with Gasteiger partial charge in [0.2, 0.25) is 0 Å². The molecule has 1 saturated heterocycles. The van der Waals surface area contributed by atoms with Crippen LogP contribution in [-0.4, -0.2) is 25.3 Å². The van der Waals surface area contributed by atoms with Crippen molar-refractivity contribution < 1.29 is 4.74 Å². The lowest BCUT2D eigenvalue weighted by Gasteiger charge is -2.39. The number of alkyl halides is 1. The highest BCUT2D eigenvalue weighted by Gasteiger charge is 2.36. The highest BCUT2D eigenvalue weighted by Crippen LogP contribution is 2.34. The number of ether oxygens (including phenoxy) is 1. The quantitative estimate of drug-likeness (QED) is 0.779. The van der Waals surface area contributed by atoms with Crippen molar-refractivity contribution in [2.24, 2.45) is 0 Å². The SMILES string of the molecule is N#Cc1cc(CCl)ccc1N1CCOC2CCCC21. The lowest BCUT2D eigenvalue weighted by Crippen LogP contribution is -2.48. The molecule has 1 aliphatic carbocycles. The molecular weight excluding hydrogens is 260 g/mol. The van der Waals surface area contributed by atoms with Crippen LogP contribution in [-0.2, 0) is 10.6 Å². The molecule has 2 aliphatic rings. The third kappa shape index (κ3) is 2.31. The summed E-state index contributed by atoms with van der Waals surface area (Å²) in [4.78, 5) is 2.36. The maximum absolute atomic E-state index is 9.36. The lowest BCUT2D eigenvalue weighted by atomic mass is 10.0. The van der Waals surface area contributed by atoms with Crippen LogP contribution in [0.3, 0.4) is 0 Å². The number of nitrogens with zero attached hydrogens (tertiary/aromatic N) is 2. The van der Waals surface area contributed by atoms with E-state index in [4.69, 9.17) is 16.3 Å². The zero-order valence-electron chi connectivity index (χ0n) is 10.8. The summed E-state index contributed by atoms with van der Waals surface area (Å²) in [5.41, 5.74) is 2.76. The van der Waals surface area contributed by atoms with Gasteiger partial charge in [0.1, 0.15) is 6.07 Å². The molecule has 2 unspecified atom stereocenters. The molecule has 0 spiro atoms. The zero-order valence-corrected chi connectivity index (χ0v) is 11.6. The fourth-order valence-electron chi connectivity index (χ4n) is 3.23. The Morgan fingerprint density at radius 1 is 1.42 bits per heavy atom. The molecule has 0 amide bonds. The second-order valence-corrected chi connectivity index (χ2v) is 5.47. The lowest BCUT2D eigenvalue weighted by molar-refractivity contribution is 0.0256. The van der Waals surface area contributed by atoms with Gasteiger partial charge in [-0.05, 0) is 37.0 Å². The number of benzene rings is 1. The molecule has 3 rings (SSSR count). The monoisotopic (exact) mass is 276 g/mol. The van der Waals surface area contributed by atoms with Gasteiger partial charge in [-0.2, -0.15) is 5.26 Å². The molecule has 19 heavy (non-hydrogen) atoms. The number of halogens is 1. The molecule has 0 bridgehead atoms. The van der Waals surface area contributed by atoms with E-state index in [1.54, 1.807) is 0 Å². The Labute approximate surface area is 118 Å². The third-order valence-corrected chi connectivity index (χ3v) is 4.44. The van der Waals surface area contributed by atoms with Crippen LogP contribution in [0.1, 0.15) is 30.4 Å². The van der Waals surface area contributed by atoms with Crippen LogP contribution in [0.15, 0.2) is 18.2 Å². The van der Waals surface area contributed by atoms with Gasteiger partial charge < -0.3 is 9.64 Å². The van der Waals surface area contributed by atoms with E-state index in [9.17, 15) is 5.26 Å². The average Bonchev–Trinajstić information content (AvgIpc) is 2.95. The normalized spacial score (nSPS) is 26.0. The highest BCUT2D eigenvalue weighted by molar-refractivity contribution is 6.17. The number of morpholine rings is 1. The number of nitriles is 1. The minimum atomic E-state index is 0.341. The van der Waals surface area contributed by atoms with Gasteiger partial charge in [0.25, 0.3) is 0 Å². The molecule has 0 radical (unpaired) electrons. The predicted octanol–water partition coefficient (Wildman–Crippen LogP) is 3.05. The van der Waals surface area contributed by atoms with Crippen molar-refractivity contribution in [3.63, 3.8) is 0 Å². The second-order valence-electron chi connectivity index (χ2n) is 5.20. The van der Waals surface area contributed by atoms with E-state index in [0.29, 0.717) is 18.0 Å². The maximum Gasteiger partial charge on any atom is 0.101 e. The summed E-state index contributed by atoms with van der Waals surface area (Å²) in [7, 11) is 0. The third-order valence-electron chi connectivity index (χ3n) is 4.13. The summed E-state index contributed by atoms with van der Waals surface area (Å²) >= 11 is 5.84. The predicted molar refractivity (Wildman–Crippen MR) is 75.4 cm³/mol. The molecule has 100 valence electrons. The molecule has 1 aromatic carbocycles. The van der Waals surface area contributed by atoms with E-state index in [1.807, 2.05) is 18.2 Å². The summed E-state index contributed by atoms with van der Waals surface area (Å²) in [5, 5.41) is 9.36. The standard InChI is InChI=1S/C15H17ClN2O/c16-9-11-4-5-13(12(8-11)10-17)18-6-7-19-15-3-1-2-14(15)18/h4-5,8,14-15H,1-3,6-7,9H2. The van der Waals surface area contributed by atoms with Gasteiger partial charge in [-0.25, -0.2) is 0 Å². The van der Waals surface area contributed by atoms with E-state index in [-0.39, 0.29) is 0 Å². The summed E-state index contributed by atoms with van der Waals surface area (Å²) in [6.07, 6.45) is 3.86. The Morgan fingerprint density at radius 3 is 3.11 bits per heavy atom. The largest absolute Gasteiger partial charge is 0.374 e. The molecule has 2 atom stereocenters. The van der Waals surface area contributed by atoms with Crippen molar-refractivity contribution >= 4 is 17.3 Å². The maximum atomic E-state index is 9.36. The first-order valence-corrected chi connectivity index (χ1v) is 7.34. The number of rotatable bonds is 2. The van der Waals surface area contributed by atoms with Gasteiger partial charge in [-0.15, -0.1) is 11.6 Å². The van der Waals surface area contributed by atoms with Gasteiger partial charge in [0, 0.05) is 12.4 Å². The first kappa shape index (κ1) is 12.8. The Morgan fingerprint density at radius 2 is 2.32 bits per heavy atom. The van der Waals surface area contributed by atoms with Crippen molar-refractivity contribution in [2.75, 3.05) is 18.1 Å². The molecule has 2 fully saturated rings. The Balaban J connectivity index is 1.94. The van der Waals surface area contributed by atoms with Crippen molar-refractivity contribution in [1.29, 1.82) is 5.26 Å². The Bertz CT molecular complexity index is 511. The highest BCUT2D eigenvalue weighted by atomic mass is 35.5. The molecule has 3 nitrogen and oxygen atoms in total. The topological polar surface area (TPSA) is 36.3 Å². The Kier molecular flexibility index (Phi) is 3.63. The molecule has 1 saturated carbocycles.